The average Bonchev–Trinajstić information content (AvgIpc) is 2.55. The van der Waals surface area contributed by atoms with E-state index in [0.29, 0.717) is 24.3 Å². The maximum atomic E-state index is 11.9. The maximum Gasteiger partial charge on any atom is 0.338 e. The van der Waals surface area contributed by atoms with Crippen molar-refractivity contribution >= 4 is 23.5 Å². The van der Waals surface area contributed by atoms with E-state index in [1.807, 2.05) is 6.92 Å². The van der Waals surface area contributed by atoms with Crippen LogP contribution in [0.1, 0.15) is 56.3 Å². The molecule has 6 heteroatoms. The fourth-order valence-electron chi connectivity index (χ4n) is 2.26. The molecule has 0 bridgehead atoms. The zero-order valence-electron chi connectivity index (χ0n) is 14.2. The van der Waals surface area contributed by atoms with Gasteiger partial charge in [-0.3, -0.25) is 4.79 Å². The highest BCUT2D eigenvalue weighted by Crippen LogP contribution is 2.16. The maximum absolute atomic E-state index is 11.9. The summed E-state index contributed by atoms with van der Waals surface area (Å²) in [5, 5.41) is 13.7. The van der Waals surface area contributed by atoms with Crippen molar-refractivity contribution in [2.24, 2.45) is 5.92 Å². The summed E-state index contributed by atoms with van der Waals surface area (Å²) < 4.78 is 4.88. The molecule has 0 heterocycles. The molecular weight excluding hydrogens is 310 g/mol. The first-order chi connectivity index (χ1) is 11.5. The van der Waals surface area contributed by atoms with Crippen molar-refractivity contribution in [1.82, 2.24) is 0 Å². The van der Waals surface area contributed by atoms with Gasteiger partial charge in [-0.25, -0.2) is 4.79 Å². The summed E-state index contributed by atoms with van der Waals surface area (Å²) in [6, 6.07) is 6.35. The largest absolute Gasteiger partial charge is 0.550 e. The van der Waals surface area contributed by atoms with Gasteiger partial charge < -0.3 is 20.0 Å². The van der Waals surface area contributed by atoms with Crippen molar-refractivity contribution in [3.8, 4) is 0 Å². The van der Waals surface area contributed by atoms with E-state index >= 15 is 0 Å². The van der Waals surface area contributed by atoms with Crippen molar-refractivity contribution in [2.45, 2.75) is 46.0 Å². The van der Waals surface area contributed by atoms with Crippen molar-refractivity contribution in [3.05, 3.63) is 29.8 Å². The molecule has 1 atom stereocenters. The minimum Gasteiger partial charge on any atom is -0.550 e. The Morgan fingerprint density at radius 1 is 1.12 bits per heavy atom. The van der Waals surface area contributed by atoms with Crippen LogP contribution in [0.4, 0.5) is 5.69 Å². The molecule has 0 aliphatic heterocycles. The first kappa shape index (κ1) is 19.7. The van der Waals surface area contributed by atoms with Crippen molar-refractivity contribution in [2.75, 3.05) is 11.9 Å². The summed E-state index contributed by atoms with van der Waals surface area (Å²) in [6.07, 6.45) is 2.61. The van der Waals surface area contributed by atoms with Gasteiger partial charge in [0.15, 0.2) is 0 Å². The lowest BCUT2D eigenvalue weighted by Gasteiger charge is -2.17. The number of rotatable bonds is 10. The van der Waals surface area contributed by atoms with Crippen LogP contribution in [-0.4, -0.2) is 24.5 Å². The summed E-state index contributed by atoms with van der Waals surface area (Å²) in [7, 11) is 0. The minimum absolute atomic E-state index is 0.113. The lowest BCUT2D eigenvalue weighted by atomic mass is 9.97. The molecule has 0 fully saturated rings. The topological polar surface area (TPSA) is 95.5 Å². The molecule has 0 aliphatic carbocycles. The zero-order valence-corrected chi connectivity index (χ0v) is 14.2. The van der Waals surface area contributed by atoms with Gasteiger partial charge in [0.2, 0.25) is 5.91 Å². The molecule has 6 nitrogen and oxygen atoms in total. The fraction of sp³-hybridized carbons (Fsp3) is 0.500. The lowest BCUT2D eigenvalue weighted by Crippen LogP contribution is -2.32. The molecule has 0 aromatic heterocycles. The molecule has 1 aromatic carbocycles. The summed E-state index contributed by atoms with van der Waals surface area (Å²) in [5.74, 6) is -2.37. The third-order valence-corrected chi connectivity index (χ3v) is 3.64. The first-order valence-corrected chi connectivity index (χ1v) is 8.25. The Kier molecular flexibility index (Phi) is 8.54. The number of ether oxygens (including phenoxy) is 1. The van der Waals surface area contributed by atoms with E-state index in [2.05, 4.69) is 5.32 Å². The number of esters is 1. The van der Waals surface area contributed by atoms with Crippen LogP contribution >= 0.6 is 0 Å². The number of hydrogen-bond acceptors (Lipinski definition) is 5. The second-order valence-corrected chi connectivity index (χ2v) is 5.54. The molecule has 0 unspecified atom stereocenters. The summed E-state index contributed by atoms with van der Waals surface area (Å²) in [5.41, 5.74) is 0.957. The zero-order chi connectivity index (χ0) is 17.9. The van der Waals surface area contributed by atoms with E-state index in [1.54, 1.807) is 31.2 Å². The van der Waals surface area contributed by atoms with E-state index in [-0.39, 0.29) is 18.7 Å². The van der Waals surface area contributed by atoms with E-state index in [4.69, 9.17) is 4.74 Å². The number of unbranched alkanes of at least 4 members (excludes halogenated alkanes) is 1. The number of amides is 1. The molecule has 0 spiro atoms. The molecule has 1 rings (SSSR count). The highest BCUT2D eigenvalue weighted by molar-refractivity contribution is 5.93. The Morgan fingerprint density at radius 3 is 2.33 bits per heavy atom. The fourth-order valence-corrected chi connectivity index (χ4v) is 2.26. The van der Waals surface area contributed by atoms with Crippen LogP contribution in [0.5, 0.6) is 0 Å². The normalized spacial score (nSPS) is 11.6. The smallest absolute Gasteiger partial charge is 0.338 e. The Labute approximate surface area is 142 Å². The quantitative estimate of drug-likeness (QED) is 0.661. The second kappa shape index (κ2) is 10.4. The van der Waals surface area contributed by atoms with Gasteiger partial charge in [-0.15, -0.1) is 0 Å². The van der Waals surface area contributed by atoms with Crippen molar-refractivity contribution in [1.29, 1.82) is 0 Å². The van der Waals surface area contributed by atoms with Gasteiger partial charge >= 0.3 is 5.97 Å². The first-order valence-electron chi connectivity index (χ1n) is 8.25. The monoisotopic (exact) mass is 334 g/mol. The molecule has 132 valence electrons. The molecule has 0 saturated heterocycles. The Morgan fingerprint density at radius 2 is 1.79 bits per heavy atom. The molecule has 0 aliphatic rings. The van der Waals surface area contributed by atoms with Gasteiger partial charge in [0.25, 0.3) is 0 Å². The Hall–Kier alpha value is -2.37. The predicted octanol–water partition coefficient (Wildman–Crippen LogP) is 2.14. The minimum atomic E-state index is -1.10. The van der Waals surface area contributed by atoms with E-state index in [0.717, 1.165) is 12.8 Å². The van der Waals surface area contributed by atoms with Gasteiger partial charge in [-0.1, -0.05) is 19.8 Å². The number of carboxylic acids is 1. The highest BCUT2D eigenvalue weighted by atomic mass is 16.5. The average molecular weight is 334 g/mol. The number of aliphatic carboxylic acids is 1. The number of nitrogens with one attached hydrogen (secondary N) is 1. The Bertz CT molecular complexity index is 553. The number of carbonyl (C=O) groups excluding carboxylic acids is 3. The molecule has 0 saturated carbocycles. The standard InChI is InChI=1S/C18H25NO5/c1-3-5-6-13(17(21)22)9-12-16(20)19-15-10-7-14(8-11-15)18(23)24-4-2/h7-8,10-11,13H,3-6,9,12H2,1-2H3,(H,19,20)(H,21,22)/p-1/t13-/m1/s1. The third-order valence-electron chi connectivity index (χ3n) is 3.64. The molecule has 0 radical (unpaired) electrons. The van der Waals surface area contributed by atoms with E-state index in [9.17, 15) is 19.5 Å². The van der Waals surface area contributed by atoms with Crippen molar-refractivity contribution < 1.29 is 24.2 Å². The number of benzene rings is 1. The number of anilines is 1. The number of carboxylic acid groups (broad SMARTS) is 1. The highest BCUT2D eigenvalue weighted by Gasteiger charge is 2.13. The van der Waals surface area contributed by atoms with Gasteiger partial charge in [-0.05, 0) is 49.9 Å². The number of carbonyl (C=O) groups is 3. The summed E-state index contributed by atoms with van der Waals surface area (Å²) >= 11 is 0. The molecular formula is C18H24NO5-. The van der Waals surface area contributed by atoms with Crippen LogP contribution in [0.2, 0.25) is 0 Å². The summed E-state index contributed by atoms with van der Waals surface area (Å²) in [6.45, 7) is 4.01. The predicted molar refractivity (Wildman–Crippen MR) is 88.3 cm³/mol. The molecule has 24 heavy (non-hydrogen) atoms. The van der Waals surface area contributed by atoms with Crippen LogP contribution in [0, 0.1) is 5.92 Å². The van der Waals surface area contributed by atoms with Gasteiger partial charge in [0.05, 0.1) is 12.2 Å². The van der Waals surface area contributed by atoms with Crippen LogP contribution in [0.25, 0.3) is 0 Å². The van der Waals surface area contributed by atoms with Crippen molar-refractivity contribution in [3.63, 3.8) is 0 Å². The SMILES string of the molecule is CCCC[C@H](CCC(=O)Nc1ccc(C(=O)OCC)cc1)C(=O)[O-]. The molecule has 1 N–H and O–H groups in total. The van der Waals surface area contributed by atoms with E-state index in [1.165, 1.54) is 0 Å². The van der Waals surface area contributed by atoms with E-state index < -0.39 is 17.9 Å². The van der Waals surface area contributed by atoms with Gasteiger partial charge in [0.1, 0.15) is 0 Å². The molecule has 1 amide bonds. The van der Waals surface area contributed by atoms with Gasteiger partial charge in [0, 0.05) is 18.1 Å². The third kappa shape index (κ3) is 6.81. The van der Waals surface area contributed by atoms with Crippen LogP contribution in [-0.2, 0) is 14.3 Å². The number of hydrogen-bond donors (Lipinski definition) is 1. The lowest BCUT2D eigenvalue weighted by molar-refractivity contribution is -0.312. The van der Waals surface area contributed by atoms with Crippen LogP contribution in [0.3, 0.4) is 0 Å². The molecule has 1 aromatic rings. The van der Waals surface area contributed by atoms with Crippen LogP contribution in [0.15, 0.2) is 24.3 Å². The van der Waals surface area contributed by atoms with Gasteiger partial charge in [-0.2, -0.15) is 0 Å². The second-order valence-electron chi connectivity index (χ2n) is 5.54. The summed E-state index contributed by atoms with van der Waals surface area (Å²) in [4.78, 5) is 34.5. The Balaban J connectivity index is 2.49. The van der Waals surface area contributed by atoms with Crippen LogP contribution < -0.4 is 10.4 Å².